The minimum atomic E-state index is -1.15. The number of nitrogens with zero attached hydrogens (tertiary/aromatic N) is 4. The number of likely N-dealkylation sites (tertiary alicyclic amines) is 1. The standard InChI is InChI=1S/C34H61N5O13S/c1-34(2,3)4-6-44-8-10-46-12-14-48-16-18-50-20-22-52-23-21-51-19-17-49-15-13-47-11-9-45-7-5-38-25-28(36-37-38)26-39-31(40)24-30(32(39)41)53-27-29(35)33(42)43/h25,29-30H,4-24,26-27,35H2,1-3H3,(H,42,43). The molecule has 1 aromatic rings. The van der Waals surface area contributed by atoms with Crippen molar-refractivity contribution < 1.29 is 62.1 Å². The molecule has 2 rings (SSSR count). The third-order valence-electron chi connectivity index (χ3n) is 7.34. The van der Waals surface area contributed by atoms with Gasteiger partial charge in [0.1, 0.15) is 11.7 Å². The molecule has 1 aromatic heterocycles. The predicted molar refractivity (Wildman–Crippen MR) is 193 cm³/mol. The topological polar surface area (TPSA) is 214 Å². The summed E-state index contributed by atoms with van der Waals surface area (Å²) in [5.41, 5.74) is 6.25. The molecule has 1 saturated heterocycles. The molecule has 1 aliphatic heterocycles. The Kier molecular flexibility index (Phi) is 25.7. The summed E-state index contributed by atoms with van der Waals surface area (Å²) in [6.45, 7) is 16.0. The Balaban J connectivity index is 1.28. The van der Waals surface area contributed by atoms with Gasteiger partial charge in [-0.2, -0.15) is 0 Å². The third-order valence-corrected chi connectivity index (χ3v) is 8.66. The lowest BCUT2D eigenvalue weighted by atomic mass is 9.93. The molecule has 18 nitrogen and oxygen atoms in total. The van der Waals surface area contributed by atoms with E-state index in [4.69, 9.17) is 53.5 Å². The van der Waals surface area contributed by atoms with E-state index < -0.39 is 17.3 Å². The fourth-order valence-corrected chi connectivity index (χ4v) is 5.43. The van der Waals surface area contributed by atoms with Gasteiger partial charge in [-0.15, -0.1) is 16.9 Å². The minimum Gasteiger partial charge on any atom is -0.480 e. The molecular formula is C34H61N5O13S. The number of aliphatic carboxylic acids is 1. The van der Waals surface area contributed by atoms with Crippen LogP contribution in [0.1, 0.15) is 39.3 Å². The molecule has 0 aliphatic carbocycles. The van der Waals surface area contributed by atoms with Crippen molar-refractivity contribution in [1.29, 1.82) is 0 Å². The average molecular weight is 780 g/mol. The smallest absolute Gasteiger partial charge is 0.321 e. The second kappa shape index (κ2) is 29.0. The lowest BCUT2D eigenvalue weighted by Gasteiger charge is -2.17. The normalized spacial score (nSPS) is 15.5. The van der Waals surface area contributed by atoms with Crippen LogP contribution in [0.4, 0.5) is 0 Å². The molecule has 0 bridgehead atoms. The molecule has 0 radical (unpaired) electrons. The number of aromatic nitrogens is 3. The Bertz CT molecular complexity index is 1130. The van der Waals surface area contributed by atoms with Crippen molar-refractivity contribution in [3.05, 3.63) is 11.9 Å². The van der Waals surface area contributed by atoms with Gasteiger partial charge in [0.2, 0.25) is 11.8 Å². The highest BCUT2D eigenvalue weighted by Gasteiger charge is 2.39. The summed E-state index contributed by atoms with van der Waals surface area (Å²) in [7, 11) is 0. The SMILES string of the molecule is CC(C)(C)CCOCCOCCOCCOCCOCCOCCOCCOCCOCCn1cc(CN2C(=O)CC(SCC(N)C(=O)O)C2=O)nn1. The van der Waals surface area contributed by atoms with Crippen molar-refractivity contribution in [2.45, 2.75) is 58.0 Å². The van der Waals surface area contributed by atoms with E-state index in [0.29, 0.717) is 125 Å². The van der Waals surface area contributed by atoms with Gasteiger partial charge in [0.15, 0.2) is 0 Å². The highest BCUT2D eigenvalue weighted by molar-refractivity contribution is 8.00. The Labute approximate surface area is 316 Å². The number of imide groups is 1. The number of hydrogen-bond donors (Lipinski definition) is 2. The number of amides is 2. The van der Waals surface area contributed by atoms with E-state index in [2.05, 4.69) is 31.1 Å². The zero-order chi connectivity index (χ0) is 38.6. The summed E-state index contributed by atoms with van der Waals surface area (Å²) in [6, 6.07) is -1.10. The maximum atomic E-state index is 12.6. The monoisotopic (exact) mass is 779 g/mol. The van der Waals surface area contributed by atoms with E-state index >= 15 is 0 Å². The van der Waals surface area contributed by atoms with Crippen LogP contribution in [-0.4, -0.2) is 179 Å². The van der Waals surface area contributed by atoms with Gasteiger partial charge in [-0.25, -0.2) is 4.68 Å². The molecular weight excluding hydrogens is 718 g/mol. The van der Waals surface area contributed by atoms with Gasteiger partial charge >= 0.3 is 5.97 Å². The third kappa shape index (κ3) is 24.0. The Hall–Kier alpha value is -2.30. The van der Waals surface area contributed by atoms with E-state index in [1.54, 1.807) is 10.9 Å². The molecule has 2 atom stereocenters. The van der Waals surface area contributed by atoms with Gasteiger partial charge in [0, 0.05) is 18.8 Å². The number of thioether (sulfide) groups is 1. The van der Waals surface area contributed by atoms with E-state index in [9.17, 15) is 14.4 Å². The highest BCUT2D eigenvalue weighted by atomic mass is 32.2. The number of carboxylic acids is 1. The highest BCUT2D eigenvalue weighted by Crippen LogP contribution is 2.26. The average Bonchev–Trinajstić information content (AvgIpc) is 3.68. The van der Waals surface area contributed by atoms with Gasteiger partial charge in [-0.05, 0) is 11.8 Å². The van der Waals surface area contributed by atoms with Crippen LogP contribution in [-0.2, 0) is 70.1 Å². The largest absolute Gasteiger partial charge is 0.480 e. The van der Waals surface area contributed by atoms with Crippen molar-refractivity contribution >= 4 is 29.5 Å². The van der Waals surface area contributed by atoms with Crippen LogP contribution >= 0.6 is 11.8 Å². The number of carbonyl (C=O) groups is 3. The molecule has 2 unspecified atom stereocenters. The van der Waals surface area contributed by atoms with Crippen LogP contribution < -0.4 is 5.73 Å². The number of rotatable bonds is 35. The number of nitrogens with two attached hydrogens (primary N) is 1. The van der Waals surface area contributed by atoms with Gasteiger partial charge in [0.05, 0.1) is 137 Å². The first-order chi connectivity index (χ1) is 25.6. The van der Waals surface area contributed by atoms with Crippen LogP contribution in [0.5, 0.6) is 0 Å². The second-order valence-corrected chi connectivity index (χ2v) is 14.3. The molecule has 0 saturated carbocycles. The van der Waals surface area contributed by atoms with E-state index in [1.165, 1.54) is 0 Å². The van der Waals surface area contributed by atoms with Gasteiger partial charge < -0.3 is 53.5 Å². The fraction of sp³-hybridized carbons (Fsp3) is 0.853. The zero-order valence-corrected chi connectivity index (χ0v) is 32.4. The van der Waals surface area contributed by atoms with Crippen molar-refractivity contribution in [2.24, 2.45) is 11.1 Å². The number of hydrogen-bond acceptors (Lipinski definition) is 16. The lowest BCUT2D eigenvalue weighted by Crippen LogP contribution is -2.34. The van der Waals surface area contributed by atoms with E-state index in [0.717, 1.165) is 29.7 Å². The molecule has 1 fully saturated rings. The summed E-state index contributed by atoms with van der Waals surface area (Å²) in [4.78, 5) is 37.0. The summed E-state index contributed by atoms with van der Waals surface area (Å²) in [5.74, 6) is -1.83. The Morgan fingerprint density at radius 2 is 1.19 bits per heavy atom. The molecule has 306 valence electrons. The summed E-state index contributed by atoms with van der Waals surface area (Å²) in [6.07, 6.45) is 2.68. The Morgan fingerprint density at radius 1 is 0.774 bits per heavy atom. The summed E-state index contributed by atoms with van der Waals surface area (Å²) < 4.78 is 51.1. The molecule has 3 N–H and O–H groups in total. The lowest BCUT2D eigenvalue weighted by molar-refractivity contribution is -0.139. The van der Waals surface area contributed by atoms with E-state index in [1.807, 2.05) is 0 Å². The van der Waals surface area contributed by atoms with Crippen LogP contribution in [0.25, 0.3) is 0 Å². The van der Waals surface area contributed by atoms with Crippen molar-refractivity contribution in [2.75, 3.05) is 125 Å². The van der Waals surface area contributed by atoms with Gasteiger partial charge in [0.25, 0.3) is 0 Å². The first-order valence-corrected chi connectivity index (χ1v) is 19.1. The van der Waals surface area contributed by atoms with Crippen LogP contribution in [0, 0.1) is 5.41 Å². The van der Waals surface area contributed by atoms with Crippen molar-refractivity contribution in [3.8, 4) is 0 Å². The number of carbonyl (C=O) groups excluding carboxylic acids is 2. The molecule has 19 heteroatoms. The number of carboxylic acid groups (broad SMARTS) is 1. The quantitative estimate of drug-likeness (QED) is 0.0714. The molecule has 1 aliphatic rings. The maximum absolute atomic E-state index is 12.6. The zero-order valence-electron chi connectivity index (χ0n) is 31.6. The molecule has 2 amide bonds. The fourth-order valence-electron chi connectivity index (χ4n) is 4.32. The molecule has 2 heterocycles. The van der Waals surface area contributed by atoms with Crippen LogP contribution in [0.2, 0.25) is 0 Å². The number of ether oxygens (including phenoxy) is 9. The van der Waals surface area contributed by atoms with Crippen molar-refractivity contribution in [1.82, 2.24) is 19.9 Å². The van der Waals surface area contributed by atoms with Gasteiger partial charge in [-0.1, -0.05) is 26.0 Å². The summed E-state index contributed by atoms with van der Waals surface area (Å²) in [5, 5.41) is 16.3. The maximum Gasteiger partial charge on any atom is 0.321 e. The minimum absolute atomic E-state index is 0.000237. The second-order valence-electron chi connectivity index (χ2n) is 13.1. The van der Waals surface area contributed by atoms with Gasteiger partial charge in [-0.3, -0.25) is 19.3 Å². The van der Waals surface area contributed by atoms with Crippen LogP contribution in [0.15, 0.2) is 6.20 Å². The van der Waals surface area contributed by atoms with E-state index in [-0.39, 0.29) is 35.9 Å². The summed E-state index contributed by atoms with van der Waals surface area (Å²) >= 11 is 1.07. The molecule has 0 spiro atoms. The Morgan fingerprint density at radius 3 is 1.60 bits per heavy atom. The predicted octanol–water partition coefficient (Wildman–Crippen LogP) is 0.636. The molecule has 53 heavy (non-hydrogen) atoms. The first kappa shape index (κ1) is 46.9. The van der Waals surface area contributed by atoms with Crippen molar-refractivity contribution in [3.63, 3.8) is 0 Å². The first-order valence-electron chi connectivity index (χ1n) is 18.1. The van der Waals surface area contributed by atoms with Crippen LogP contribution in [0.3, 0.4) is 0 Å². The molecule has 0 aromatic carbocycles.